The Morgan fingerprint density at radius 2 is 1.42 bits per heavy atom. The van der Waals surface area contributed by atoms with Gasteiger partial charge in [-0.3, -0.25) is 0 Å². The highest BCUT2D eigenvalue weighted by atomic mass is 19.4. The largest absolute Gasteiger partial charge is 0.494 e. The van der Waals surface area contributed by atoms with Gasteiger partial charge in [-0.25, -0.2) is 17.6 Å². The van der Waals surface area contributed by atoms with E-state index in [4.69, 9.17) is 4.74 Å². The molecule has 0 aliphatic carbocycles. The second-order valence-corrected chi connectivity index (χ2v) is 7.25. The molecule has 4 aromatic rings. The van der Waals surface area contributed by atoms with Crippen LogP contribution in [0.5, 0.6) is 5.75 Å². The molecule has 1 nitrogen and oxygen atoms in total. The molecule has 0 fully saturated rings. The molecule has 0 aromatic heterocycles. The minimum Gasteiger partial charge on any atom is -0.494 e. The number of benzene rings is 4. The van der Waals surface area contributed by atoms with Crippen LogP contribution in [0.15, 0.2) is 60.7 Å². The quantitative estimate of drug-likeness (QED) is 0.277. The molecule has 170 valence electrons. The zero-order valence-electron chi connectivity index (χ0n) is 17.0. The molecule has 4 aromatic carbocycles. The number of hydrogen-bond acceptors (Lipinski definition) is 1. The lowest BCUT2D eigenvalue weighted by Crippen LogP contribution is -2.08. The van der Waals surface area contributed by atoms with Gasteiger partial charge in [0.25, 0.3) is 0 Å². The number of rotatable bonds is 4. The molecule has 0 atom stereocenters. The third-order valence-corrected chi connectivity index (χ3v) is 5.15. The number of ether oxygens (including phenoxy) is 1. The summed E-state index contributed by atoms with van der Waals surface area (Å²) in [5.74, 6) is -3.94. The predicted molar refractivity (Wildman–Crippen MR) is 111 cm³/mol. The maximum Gasteiger partial charge on any atom is 0.419 e. The van der Waals surface area contributed by atoms with Crippen molar-refractivity contribution in [2.45, 2.75) is 13.1 Å². The molecule has 0 aliphatic heterocycles. The summed E-state index contributed by atoms with van der Waals surface area (Å²) in [6.07, 6.45) is -4.87. The molecule has 0 saturated heterocycles. The lowest BCUT2D eigenvalue weighted by atomic mass is 9.96. The van der Waals surface area contributed by atoms with E-state index in [0.29, 0.717) is 12.7 Å². The number of halogens is 7. The summed E-state index contributed by atoms with van der Waals surface area (Å²) in [5.41, 5.74) is -1.98. The van der Waals surface area contributed by atoms with Crippen molar-refractivity contribution in [3.63, 3.8) is 0 Å². The smallest absolute Gasteiger partial charge is 0.419 e. The monoisotopic (exact) mass is 464 g/mol. The van der Waals surface area contributed by atoms with Crippen LogP contribution in [-0.2, 0) is 6.18 Å². The van der Waals surface area contributed by atoms with Crippen molar-refractivity contribution in [3.8, 4) is 28.0 Å². The minimum absolute atomic E-state index is 0.00428. The van der Waals surface area contributed by atoms with E-state index in [2.05, 4.69) is 0 Å². The van der Waals surface area contributed by atoms with E-state index in [0.717, 1.165) is 36.4 Å². The van der Waals surface area contributed by atoms with Crippen LogP contribution in [0.3, 0.4) is 0 Å². The van der Waals surface area contributed by atoms with E-state index in [1.165, 1.54) is 18.2 Å². The molecule has 33 heavy (non-hydrogen) atoms. The summed E-state index contributed by atoms with van der Waals surface area (Å²) in [6, 6.07) is 10.8. The van der Waals surface area contributed by atoms with E-state index in [-0.39, 0.29) is 33.2 Å². The van der Waals surface area contributed by atoms with Crippen LogP contribution in [0, 0.1) is 23.3 Å². The fraction of sp³-hybridized carbons (Fsp3) is 0.120. The molecule has 0 saturated carbocycles. The Kier molecular flexibility index (Phi) is 5.78. The van der Waals surface area contributed by atoms with Crippen LogP contribution in [0.1, 0.15) is 12.5 Å². The van der Waals surface area contributed by atoms with Crippen LogP contribution in [0.2, 0.25) is 0 Å². The minimum atomic E-state index is -4.87. The summed E-state index contributed by atoms with van der Waals surface area (Å²) in [7, 11) is 0. The van der Waals surface area contributed by atoms with E-state index >= 15 is 0 Å². The zero-order chi connectivity index (χ0) is 23.9. The summed E-state index contributed by atoms with van der Waals surface area (Å²) in [5, 5.41) is -0.291. The molecule has 0 radical (unpaired) electrons. The van der Waals surface area contributed by atoms with Crippen molar-refractivity contribution in [1.29, 1.82) is 0 Å². The molecular formula is C25H15F7O. The molecule has 0 bridgehead atoms. The fourth-order valence-corrected chi connectivity index (χ4v) is 3.66. The average molecular weight is 464 g/mol. The van der Waals surface area contributed by atoms with Crippen molar-refractivity contribution < 1.29 is 35.5 Å². The lowest BCUT2D eigenvalue weighted by molar-refractivity contribution is -0.139. The molecule has 4 rings (SSSR count). The van der Waals surface area contributed by atoms with Gasteiger partial charge in [-0.15, -0.1) is 0 Å². The third kappa shape index (κ3) is 4.25. The molecule has 8 heteroatoms. The Balaban J connectivity index is 1.77. The van der Waals surface area contributed by atoms with Gasteiger partial charge in [0.2, 0.25) is 0 Å². The van der Waals surface area contributed by atoms with E-state index in [1.54, 1.807) is 6.92 Å². The molecule has 0 aliphatic rings. The van der Waals surface area contributed by atoms with Crippen LogP contribution in [-0.4, -0.2) is 6.61 Å². The summed E-state index contributed by atoms with van der Waals surface area (Å²) >= 11 is 0. The van der Waals surface area contributed by atoms with Gasteiger partial charge in [0.1, 0.15) is 29.0 Å². The average Bonchev–Trinajstić information content (AvgIpc) is 2.73. The van der Waals surface area contributed by atoms with Gasteiger partial charge in [-0.2, -0.15) is 13.2 Å². The van der Waals surface area contributed by atoms with Gasteiger partial charge in [-0.1, -0.05) is 18.2 Å². The van der Waals surface area contributed by atoms with Crippen molar-refractivity contribution >= 4 is 10.8 Å². The molecule has 0 heterocycles. The van der Waals surface area contributed by atoms with Crippen LogP contribution in [0.25, 0.3) is 33.0 Å². The van der Waals surface area contributed by atoms with Gasteiger partial charge in [0.15, 0.2) is 0 Å². The highest BCUT2D eigenvalue weighted by Gasteiger charge is 2.34. The second kappa shape index (κ2) is 8.42. The number of hydrogen-bond donors (Lipinski definition) is 0. The fourth-order valence-electron chi connectivity index (χ4n) is 3.66. The molecular weight excluding hydrogens is 449 g/mol. The van der Waals surface area contributed by atoms with Gasteiger partial charge in [-0.05, 0) is 59.8 Å². The Bertz CT molecular complexity index is 1340. The van der Waals surface area contributed by atoms with Crippen LogP contribution >= 0.6 is 0 Å². The van der Waals surface area contributed by atoms with E-state index in [9.17, 15) is 30.7 Å². The molecule has 0 spiro atoms. The SMILES string of the molecule is CCOc1ccc(-c2cc(F)c(-c3ccc4c(F)c(C(F)(F)F)ccc4c3)c(F)c2)c(F)c1. The number of fused-ring (bicyclic) bond motifs is 1. The normalized spacial score (nSPS) is 11.8. The third-order valence-electron chi connectivity index (χ3n) is 5.15. The van der Waals surface area contributed by atoms with E-state index in [1.807, 2.05) is 0 Å². The first-order valence-electron chi connectivity index (χ1n) is 9.81. The standard InChI is InChI=1S/C25H15F7O/c1-2-33-16-5-7-17(20(26)12-16)15-10-21(27)23(22(28)11-15)14-3-6-18-13(9-14)4-8-19(24(18)29)25(30,31)32/h3-12H,2H2,1H3. The number of alkyl halides is 3. The summed E-state index contributed by atoms with van der Waals surface area (Å²) in [4.78, 5) is 0. The second-order valence-electron chi connectivity index (χ2n) is 7.25. The molecule has 0 unspecified atom stereocenters. The van der Waals surface area contributed by atoms with Crippen LogP contribution < -0.4 is 4.74 Å². The first kappa shape index (κ1) is 22.6. The van der Waals surface area contributed by atoms with Crippen molar-refractivity contribution in [3.05, 3.63) is 89.5 Å². The van der Waals surface area contributed by atoms with Crippen molar-refractivity contribution in [1.82, 2.24) is 0 Å². The Morgan fingerprint density at radius 1 is 0.727 bits per heavy atom. The molecule has 0 N–H and O–H groups in total. The van der Waals surface area contributed by atoms with Crippen molar-refractivity contribution in [2.24, 2.45) is 0 Å². The van der Waals surface area contributed by atoms with Crippen molar-refractivity contribution in [2.75, 3.05) is 6.61 Å². The predicted octanol–water partition coefficient (Wildman–Crippen LogP) is 8.15. The maximum absolute atomic E-state index is 14.9. The first-order chi connectivity index (χ1) is 15.6. The highest BCUT2D eigenvalue weighted by Crippen LogP contribution is 2.37. The highest BCUT2D eigenvalue weighted by molar-refractivity contribution is 5.89. The van der Waals surface area contributed by atoms with Gasteiger partial charge >= 0.3 is 6.18 Å². The first-order valence-corrected chi connectivity index (χ1v) is 9.81. The Labute approximate surface area is 184 Å². The summed E-state index contributed by atoms with van der Waals surface area (Å²) < 4.78 is 102. The Hall–Kier alpha value is -3.55. The summed E-state index contributed by atoms with van der Waals surface area (Å²) in [6.45, 7) is 2.05. The van der Waals surface area contributed by atoms with E-state index < -0.39 is 40.6 Å². The Morgan fingerprint density at radius 3 is 2.03 bits per heavy atom. The topological polar surface area (TPSA) is 9.23 Å². The van der Waals surface area contributed by atoms with Crippen LogP contribution in [0.4, 0.5) is 30.7 Å². The maximum atomic E-state index is 14.9. The van der Waals surface area contributed by atoms with Gasteiger partial charge < -0.3 is 4.74 Å². The van der Waals surface area contributed by atoms with Gasteiger partial charge in [0, 0.05) is 17.0 Å². The lowest BCUT2D eigenvalue weighted by Gasteiger charge is -2.13. The molecule has 0 amide bonds. The zero-order valence-corrected chi connectivity index (χ0v) is 17.0. The van der Waals surface area contributed by atoms with Gasteiger partial charge in [0.05, 0.1) is 17.7 Å².